The molecule has 0 aromatic heterocycles. The van der Waals surface area contributed by atoms with Crippen LogP contribution in [0, 0.1) is 0 Å². The first kappa shape index (κ1) is 8.90. The molecule has 0 aliphatic heterocycles. The first-order valence-corrected chi connectivity index (χ1v) is 3.80. The molecule has 0 heterocycles. The van der Waals surface area contributed by atoms with Crippen LogP contribution >= 0.6 is 9.19 Å². The van der Waals surface area contributed by atoms with Crippen LogP contribution in [-0.4, -0.2) is 0 Å². The molecule has 0 N–H and O–H groups in total. The van der Waals surface area contributed by atoms with Crippen molar-refractivity contribution >= 4 is 9.19 Å². The molecule has 0 radical (unpaired) electrons. The molecular weight excluding hydrogens is 256 g/mol. The molecule has 32 valence electrons. The molecule has 0 fully saturated rings. The molecule has 0 nitrogen and oxygen atoms in total. The number of hydrogen-bond acceptors (Lipinski definition) is 0. The van der Waals surface area contributed by atoms with Gasteiger partial charge in [0.1, 0.15) is 0 Å². The Morgan fingerprint density at radius 2 is 1.25 bits per heavy atom. The molecular formula is C2H6AuCl. The second kappa shape index (κ2) is 34.9. The van der Waals surface area contributed by atoms with E-state index in [-0.39, 0.29) is 0 Å². The molecule has 0 aromatic rings. The van der Waals surface area contributed by atoms with E-state index in [1.54, 1.807) is 20.0 Å². The topological polar surface area (TPSA) is 0 Å². The number of hydrogen-bond donors (Lipinski definition) is 0. The van der Waals surface area contributed by atoms with E-state index < -0.39 is 0 Å². The zero-order valence-electron chi connectivity index (χ0n) is 2.68. The molecule has 0 aliphatic rings. The fourth-order valence-corrected chi connectivity index (χ4v) is 0. The minimum atomic E-state index is 1.75. The molecule has 4 heavy (non-hydrogen) atoms. The monoisotopic (exact) mass is 262 g/mol. The van der Waals surface area contributed by atoms with Gasteiger partial charge in [-0.15, -0.1) is 0 Å². The Morgan fingerprint density at radius 1 is 1.25 bits per heavy atom. The molecule has 0 saturated heterocycles. The summed E-state index contributed by atoms with van der Waals surface area (Å²) in [5.74, 6) is 0. The van der Waals surface area contributed by atoms with Crippen LogP contribution in [0.1, 0.15) is 13.8 Å². The first-order chi connectivity index (χ1) is 2.00. The molecule has 0 unspecified atom stereocenters. The van der Waals surface area contributed by atoms with E-state index in [2.05, 4.69) is 9.19 Å². The Morgan fingerprint density at radius 3 is 1.25 bits per heavy atom. The first-order valence-electron chi connectivity index (χ1n) is 1.11. The van der Waals surface area contributed by atoms with Gasteiger partial charge in [0.25, 0.3) is 0 Å². The van der Waals surface area contributed by atoms with E-state index >= 15 is 0 Å². The summed E-state index contributed by atoms with van der Waals surface area (Å²) in [6.45, 7) is 4.00. The summed E-state index contributed by atoms with van der Waals surface area (Å²) in [6.07, 6.45) is 0. The van der Waals surface area contributed by atoms with Crippen LogP contribution < -0.4 is 0 Å². The molecule has 0 spiro atoms. The maximum absolute atomic E-state index is 4.58. The second-order valence-electron chi connectivity index (χ2n) is 0. The zero-order chi connectivity index (χ0) is 4.00. The van der Waals surface area contributed by atoms with Crippen LogP contribution in [0.4, 0.5) is 0 Å². The summed E-state index contributed by atoms with van der Waals surface area (Å²) in [4.78, 5) is 0. The van der Waals surface area contributed by atoms with Gasteiger partial charge >= 0.3 is 29.2 Å². The van der Waals surface area contributed by atoms with Gasteiger partial charge in [-0.25, -0.2) is 0 Å². The normalized spacial score (nSPS) is 3.25. The van der Waals surface area contributed by atoms with E-state index in [4.69, 9.17) is 0 Å². The maximum atomic E-state index is 4.58. The SMILES string of the molecule is CC.[Cl][Au]. The standard InChI is InChI=1S/C2H6.Au.ClH/c1-2;;/h1-2H3;;1H/q;+1;/p-1. The van der Waals surface area contributed by atoms with Gasteiger partial charge in [0.15, 0.2) is 0 Å². The summed E-state index contributed by atoms with van der Waals surface area (Å²) in [5, 5.41) is 0. The summed E-state index contributed by atoms with van der Waals surface area (Å²) in [7, 11) is 4.58. The Bertz CT molecular complexity index is 6.00. The molecule has 0 aromatic carbocycles. The van der Waals surface area contributed by atoms with E-state index in [1.807, 2.05) is 13.8 Å². The molecule has 0 rings (SSSR count). The summed E-state index contributed by atoms with van der Waals surface area (Å²) < 4.78 is 0. The average Bonchev–Trinajstić information content (AvgIpc) is 1.50. The van der Waals surface area contributed by atoms with Crippen molar-refractivity contribution in [2.45, 2.75) is 13.8 Å². The Hall–Kier alpha value is 1.03. The van der Waals surface area contributed by atoms with Crippen molar-refractivity contribution in [1.82, 2.24) is 0 Å². The third-order valence-corrected chi connectivity index (χ3v) is 0. The summed E-state index contributed by atoms with van der Waals surface area (Å²) in [6, 6.07) is 0. The van der Waals surface area contributed by atoms with Crippen LogP contribution in [0.3, 0.4) is 0 Å². The predicted molar refractivity (Wildman–Crippen MR) is 17.2 cm³/mol. The van der Waals surface area contributed by atoms with Crippen LogP contribution in [0.2, 0.25) is 0 Å². The number of rotatable bonds is 0. The Balaban J connectivity index is 0. The van der Waals surface area contributed by atoms with E-state index in [1.165, 1.54) is 0 Å². The van der Waals surface area contributed by atoms with Gasteiger partial charge in [-0.3, -0.25) is 0 Å². The molecule has 0 atom stereocenters. The number of halogens is 1. The Labute approximate surface area is 43.3 Å². The van der Waals surface area contributed by atoms with Crippen molar-refractivity contribution in [2.75, 3.05) is 0 Å². The Kier molecular flexibility index (Phi) is 77.6. The summed E-state index contributed by atoms with van der Waals surface area (Å²) in [5.41, 5.74) is 0. The third-order valence-electron chi connectivity index (χ3n) is 0. The van der Waals surface area contributed by atoms with Gasteiger partial charge in [-0.1, -0.05) is 13.8 Å². The average molecular weight is 262 g/mol. The van der Waals surface area contributed by atoms with E-state index in [9.17, 15) is 0 Å². The fourth-order valence-electron chi connectivity index (χ4n) is 0. The fraction of sp³-hybridized carbons (Fsp3) is 1.00. The molecule has 2 heteroatoms. The zero-order valence-corrected chi connectivity index (χ0v) is 5.60. The van der Waals surface area contributed by atoms with E-state index in [0.29, 0.717) is 0 Å². The molecule has 0 saturated carbocycles. The van der Waals surface area contributed by atoms with Crippen molar-refractivity contribution < 1.29 is 20.0 Å². The van der Waals surface area contributed by atoms with Crippen LogP contribution in [0.5, 0.6) is 0 Å². The van der Waals surface area contributed by atoms with Gasteiger partial charge < -0.3 is 0 Å². The summed E-state index contributed by atoms with van der Waals surface area (Å²) >= 11 is 1.75. The van der Waals surface area contributed by atoms with E-state index in [0.717, 1.165) is 0 Å². The van der Waals surface area contributed by atoms with Crippen molar-refractivity contribution in [3.8, 4) is 0 Å². The quantitative estimate of drug-likeness (QED) is 0.583. The van der Waals surface area contributed by atoms with Crippen LogP contribution in [-0.2, 0) is 20.0 Å². The van der Waals surface area contributed by atoms with Gasteiger partial charge in [-0.2, -0.15) is 0 Å². The van der Waals surface area contributed by atoms with Crippen LogP contribution in [0.15, 0.2) is 0 Å². The van der Waals surface area contributed by atoms with Gasteiger partial charge in [0, 0.05) is 0 Å². The van der Waals surface area contributed by atoms with Gasteiger partial charge in [0.05, 0.1) is 0 Å². The van der Waals surface area contributed by atoms with Crippen molar-refractivity contribution in [2.24, 2.45) is 0 Å². The third kappa shape index (κ3) is 11.8. The van der Waals surface area contributed by atoms with Crippen LogP contribution in [0.25, 0.3) is 0 Å². The second-order valence-corrected chi connectivity index (χ2v) is 0. The van der Waals surface area contributed by atoms with Gasteiger partial charge in [0.2, 0.25) is 0 Å². The molecule has 0 bridgehead atoms. The van der Waals surface area contributed by atoms with Crippen molar-refractivity contribution in [1.29, 1.82) is 0 Å². The molecule has 0 aliphatic carbocycles. The molecule has 0 amide bonds. The van der Waals surface area contributed by atoms with Gasteiger partial charge in [-0.05, 0) is 0 Å². The minimum absolute atomic E-state index is 1.75. The predicted octanol–water partition coefficient (Wildman–Crippen LogP) is 1.71. The van der Waals surface area contributed by atoms with Crippen molar-refractivity contribution in [3.63, 3.8) is 0 Å². The van der Waals surface area contributed by atoms with Crippen molar-refractivity contribution in [3.05, 3.63) is 0 Å².